The number of aromatic nitrogens is 4. The second kappa shape index (κ2) is 7.09. The molecule has 1 spiro atoms. The lowest BCUT2D eigenvalue weighted by molar-refractivity contribution is -0.00189. The predicted octanol–water partition coefficient (Wildman–Crippen LogP) is 4.00. The topological polar surface area (TPSA) is 76.0 Å². The summed E-state index contributed by atoms with van der Waals surface area (Å²) in [7, 11) is 1.97. The minimum Gasteiger partial charge on any atom is -0.482 e. The van der Waals surface area contributed by atoms with Crippen molar-refractivity contribution in [3.8, 4) is 28.3 Å². The molecule has 1 fully saturated rings. The molecule has 7 nitrogen and oxygen atoms in total. The van der Waals surface area contributed by atoms with Crippen LogP contribution in [0.2, 0.25) is 0 Å². The third-order valence-corrected chi connectivity index (χ3v) is 6.61. The molecule has 32 heavy (non-hydrogen) atoms. The van der Waals surface area contributed by atoms with Gasteiger partial charge in [0.1, 0.15) is 17.0 Å². The number of hydrogen-bond donors (Lipinski definition) is 1. The molecular weight excluding hydrogens is 402 g/mol. The van der Waals surface area contributed by atoms with Crippen molar-refractivity contribution in [3.05, 3.63) is 78.1 Å². The van der Waals surface area contributed by atoms with Crippen LogP contribution in [-0.2, 0) is 12.6 Å². The van der Waals surface area contributed by atoms with Crippen molar-refractivity contribution in [3.63, 3.8) is 0 Å². The van der Waals surface area contributed by atoms with Crippen molar-refractivity contribution in [2.75, 3.05) is 13.1 Å². The first-order valence-electron chi connectivity index (χ1n) is 10.9. The lowest BCUT2D eigenvalue weighted by Gasteiger charge is -2.44. The number of aryl methyl sites for hydroxylation is 1. The van der Waals surface area contributed by atoms with Crippen LogP contribution in [0.15, 0.2) is 66.9 Å². The number of nitrogens with one attached hydrogen (secondary N) is 1. The van der Waals surface area contributed by atoms with E-state index in [0.717, 1.165) is 33.8 Å². The van der Waals surface area contributed by atoms with Gasteiger partial charge in [0, 0.05) is 49.7 Å². The molecule has 160 valence electrons. The van der Waals surface area contributed by atoms with Crippen LogP contribution in [0.25, 0.3) is 22.5 Å². The third kappa shape index (κ3) is 2.85. The molecular formula is C25H23N5O2. The van der Waals surface area contributed by atoms with Crippen LogP contribution in [0, 0.1) is 0 Å². The number of H-pyrrole nitrogens is 1. The van der Waals surface area contributed by atoms with Crippen LogP contribution in [0.4, 0.5) is 0 Å². The standard InChI is InChI=1S/C25H23N5O2/c1-29-23-18-9-5-6-10-22(18)32-25(19(23)16-26-29)11-13-30(14-12-25)24(31)21-15-20(27-28-21)17-7-3-2-4-8-17/h2-10,15-16H,11-14H2,1H3,(H,27,28). The Morgan fingerprint density at radius 1 is 1.06 bits per heavy atom. The zero-order valence-electron chi connectivity index (χ0n) is 17.8. The summed E-state index contributed by atoms with van der Waals surface area (Å²) in [4.78, 5) is 15.0. The molecule has 1 N–H and O–H groups in total. The van der Waals surface area contributed by atoms with E-state index in [4.69, 9.17) is 4.74 Å². The number of likely N-dealkylation sites (tertiary alicyclic amines) is 1. The lowest BCUT2D eigenvalue weighted by Crippen LogP contribution is -2.49. The Morgan fingerprint density at radius 2 is 1.81 bits per heavy atom. The summed E-state index contributed by atoms with van der Waals surface area (Å²) < 4.78 is 8.51. The summed E-state index contributed by atoms with van der Waals surface area (Å²) in [5, 5.41) is 11.8. The molecule has 0 radical (unpaired) electrons. The summed E-state index contributed by atoms with van der Waals surface area (Å²) in [6.45, 7) is 1.21. The molecule has 2 aromatic carbocycles. The van der Waals surface area contributed by atoms with Gasteiger partial charge < -0.3 is 9.64 Å². The maximum atomic E-state index is 13.2. The van der Waals surface area contributed by atoms with E-state index in [1.165, 1.54) is 0 Å². The van der Waals surface area contributed by atoms with Crippen molar-refractivity contribution in [1.29, 1.82) is 0 Å². The van der Waals surface area contributed by atoms with Crippen LogP contribution in [0.3, 0.4) is 0 Å². The molecule has 0 bridgehead atoms. The van der Waals surface area contributed by atoms with Gasteiger partial charge in [0.15, 0.2) is 0 Å². The van der Waals surface area contributed by atoms with E-state index in [9.17, 15) is 4.79 Å². The number of fused-ring (bicyclic) bond motifs is 4. The largest absolute Gasteiger partial charge is 0.482 e. The number of carbonyl (C=O) groups is 1. The third-order valence-electron chi connectivity index (χ3n) is 6.61. The Kier molecular flexibility index (Phi) is 4.18. The van der Waals surface area contributed by atoms with Crippen LogP contribution >= 0.6 is 0 Å². The predicted molar refractivity (Wildman–Crippen MR) is 120 cm³/mol. The zero-order valence-corrected chi connectivity index (χ0v) is 17.8. The first-order valence-corrected chi connectivity index (χ1v) is 10.9. The molecule has 0 atom stereocenters. The van der Waals surface area contributed by atoms with Crippen molar-refractivity contribution >= 4 is 5.91 Å². The minimum absolute atomic E-state index is 0.0304. The monoisotopic (exact) mass is 425 g/mol. The Labute approximate surface area is 185 Å². The number of ether oxygens (including phenoxy) is 1. The Hall–Kier alpha value is -3.87. The Balaban J connectivity index is 1.24. The summed E-state index contributed by atoms with van der Waals surface area (Å²) in [5.74, 6) is 0.849. The van der Waals surface area contributed by atoms with Crippen LogP contribution in [0.5, 0.6) is 5.75 Å². The molecule has 2 aliphatic heterocycles. The van der Waals surface area contributed by atoms with Gasteiger partial charge in [-0.3, -0.25) is 14.6 Å². The lowest BCUT2D eigenvalue weighted by atomic mass is 9.81. The second-order valence-electron chi connectivity index (χ2n) is 8.45. The van der Waals surface area contributed by atoms with Crippen LogP contribution in [0.1, 0.15) is 28.9 Å². The van der Waals surface area contributed by atoms with Crippen molar-refractivity contribution < 1.29 is 9.53 Å². The second-order valence-corrected chi connectivity index (χ2v) is 8.45. The summed E-state index contributed by atoms with van der Waals surface area (Å²) in [6.07, 6.45) is 3.35. The molecule has 1 saturated heterocycles. The van der Waals surface area contributed by atoms with Gasteiger partial charge in [-0.2, -0.15) is 10.2 Å². The highest BCUT2D eigenvalue weighted by Gasteiger charge is 2.46. The van der Waals surface area contributed by atoms with Gasteiger partial charge in [-0.1, -0.05) is 42.5 Å². The van der Waals surface area contributed by atoms with E-state index in [1.807, 2.05) is 77.4 Å². The fourth-order valence-corrected chi connectivity index (χ4v) is 4.91. The number of amides is 1. The van der Waals surface area contributed by atoms with E-state index in [2.05, 4.69) is 21.4 Å². The van der Waals surface area contributed by atoms with E-state index in [0.29, 0.717) is 31.6 Å². The fourth-order valence-electron chi connectivity index (χ4n) is 4.91. The normalized spacial score (nSPS) is 16.3. The zero-order chi connectivity index (χ0) is 21.7. The number of nitrogens with zero attached hydrogens (tertiary/aromatic N) is 4. The van der Waals surface area contributed by atoms with Gasteiger partial charge >= 0.3 is 0 Å². The highest BCUT2D eigenvalue weighted by Crippen LogP contribution is 2.49. The number of piperidine rings is 1. The van der Waals surface area contributed by atoms with Gasteiger partial charge in [-0.05, 0) is 18.2 Å². The highest BCUT2D eigenvalue weighted by molar-refractivity contribution is 5.93. The molecule has 6 rings (SSSR count). The van der Waals surface area contributed by atoms with Gasteiger partial charge in [0.2, 0.25) is 0 Å². The number of hydrogen-bond acceptors (Lipinski definition) is 4. The van der Waals surface area contributed by atoms with Gasteiger partial charge in [-0.15, -0.1) is 0 Å². The maximum absolute atomic E-state index is 13.2. The number of aromatic amines is 1. The maximum Gasteiger partial charge on any atom is 0.271 e. The van der Waals surface area contributed by atoms with Gasteiger partial charge in [0.25, 0.3) is 5.91 Å². The van der Waals surface area contributed by atoms with E-state index >= 15 is 0 Å². The van der Waals surface area contributed by atoms with Crippen molar-refractivity contribution in [2.45, 2.75) is 18.4 Å². The molecule has 4 heterocycles. The average Bonchev–Trinajstić information content (AvgIpc) is 3.48. The molecule has 2 aromatic heterocycles. The molecule has 0 unspecified atom stereocenters. The fraction of sp³-hybridized carbons (Fsp3) is 0.240. The minimum atomic E-state index is -0.460. The quantitative estimate of drug-likeness (QED) is 0.527. The smallest absolute Gasteiger partial charge is 0.271 e. The number of rotatable bonds is 2. The van der Waals surface area contributed by atoms with Crippen molar-refractivity contribution in [2.24, 2.45) is 7.05 Å². The Bertz CT molecular complexity index is 1300. The number of para-hydroxylation sites is 1. The first kappa shape index (κ1) is 18.9. The number of benzene rings is 2. The molecule has 7 heteroatoms. The van der Waals surface area contributed by atoms with Crippen molar-refractivity contribution in [1.82, 2.24) is 24.9 Å². The van der Waals surface area contributed by atoms with Gasteiger partial charge in [0.05, 0.1) is 17.6 Å². The molecule has 2 aliphatic rings. The van der Waals surface area contributed by atoms with E-state index in [-0.39, 0.29) is 5.91 Å². The molecule has 4 aromatic rings. The molecule has 0 aliphatic carbocycles. The summed E-state index contributed by atoms with van der Waals surface area (Å²) in [5.41, 5.74) is 5.09. The average molecular weight is 425 g/mol. The Morgan fingerprint density at radius 3 is 2.62 bits per heavy atom. The van der Waals surface area contributed by atoms with Crippen LogP contribution in [-0.4, -0.2) is 43.9 Å². The van der Waals surface area contributed by atoms with Gasteiger partial charge in [-0.25, -0.2) is 0 Å². The van der Waals surface area contributed by atoms with E-state index < -0.39 is 5.60 Å². The highest BCUT2D eigenvalue weighted by atomic mass is 16.5. The first-order chi connectivity index (χ1) is 15.6. The van der Waals surface area contributed by atoms with Crippen LogP contribution < -0.4 is 4.74 Å². The SMILES string of the molecule is Cn1ncc2c1-c1ccccc1OC21CCN(C(=O)c2cc(-c3ccccc3)n[nH]2)CC1. The summed E-state index contributed by atoms with van der Waals surface area (Å²) in [6, 6.07) is 19.8. The molecule has 1 amide bonds. The molecule has 0 saturated carbocycles. The van der Waals surface area contributed by atoms with E-state index in [1.54, 1.807) is 0 Å². The number of carbonyl (C=O) groups excluding carboxylic acids is 1. The summed E-state index contributed by atoms with van der Waals surface area (Å²) >= 11 is 0.